The molecule has 0 radical (unpaired) electrons. The van der Waals surface area contributed by atoms with E-state index in [9.17, 15) is 4.79 Å². The molecule has 0 spiro atoms. The SMILES string of the molecule is CCCOc1ccc(C=C2Sc3ccccc3C2=O)cc1. The molecular weight excluding hydrogens is 280 g/mol. The molecule has 0 aliphatic carbocycles. The molecule has 0 aromatic heterocycles. The normalized spacial score (nSPS) is 15.3. The first-order chi connectivity index (χ1) is 10.3. The van der Waals surface area contributed by atoms with Crippen LogP contribution in [0.15, 0.2) is 58.3 Å². The molecule has 0 unspecified atom stereocenters. The summed E-state index contributed by atoms with van der Waals surface area (Å²) in [5.41, 5.74) is 1.82. The van der Waals surface area contributed by atoms with Gasteiger partial charge in [-0.2, -0.15) is 0 Å². The summed E-state index contributed by atoms with van der Waals surface area (Å²) in [6.07, 6.45) is 2.94. The number of thioether (sulfide) groups is 1. The maximum atomic E-state index is 12.3. The van der Waals surface area contributed by atoms with Crippen LogP contribution in [0.3, 0.4) is 0 Å². The minimum Gasteiger partial charge on any atom is -0.494 e. The molecule has 2 aromatic rings. The molecule has 3 heteroatoms. The third-order valence-electron chi connectivity index (χ3n) is 3.23. The summed E-state index contributed by atoms with van der Waals surface area (Å²) in [6, 6.07) is 15.6. The van der Waals surface area contributed by atoms with E-state index in [1.165, 1.54) is 11.8 Å². The number of hydrogen-bond donors (Lipinski definition) is 0. The fourth-order valence-corrected chi connectivity index (χ4v) is 3.22. The summed E-state index contributed by atoms with van der Waals surface area (Å²) in [5, 5.41) is 0. The van der Waals surface area contributed by atoms with Gasteiger partial charge in [-0.05, 0) is 42.3 Å². The van der Waals surface area contributed by atoms with Crippen molar-refractivity contribution in [3.8, 4) is 5.75 Å². The van der Waals surface area contributed by atoms with Crippen LogP contribution in [0, 0.1) is 0 Å². The molecule has 0 atom stereocenters. The topological polar surface area (TPSA) is 26.3 Å². The first-order valence-corrected chi connectivity index (χ1v) is 7.85. The van der Waals surface area contributed by atoms with Gasteiger partial charge in [0, 0.05) is 10.5 Å². The summed E-state index contributed by atoms with van der Waals surface area (Å²) < 4.78 is 5.56. The Kier molecular flexibility index (Phi) is 4.11. The number of benzene rings is 2. The van der Waals surface area contributed by atoms with Crippen molar-refractivity contribution >= 4 is 23.6 Å². The highest BCUT2D eigenvalue weighted by molar-refractivity contribution is 8.04. The Morgan fingerprint density at radius 3 is 2.57 bits per heavy atom. The highest BCUT2D eigenvalue weighted by Crippen LogP contribution is 2.40. The Balaban J connectivity index is 1.79. The quantitative estimate of drug-likeness (QED) is 0.758. The van der Waals surface area contributed by atoms with Crippen LogP contribution in [0.1, 0.15) is 29.3 Å². The first kappa shape index (κ1) is 14.0. The van der Waals surface area contributed by atoms with Gasteiger partial charge in [0.05, 0.1) is 11.5 Å². The maximum absolute atomic E-state index is 12.3. The predicted octanol–water partition coefficient (Wildman–Crippen LogP) is 4.80. The Morgan fingerprint density at radius 1 is 1.10 bits per heavy atom. The number of carbonyl (C=O) groups excluding carboxylic acids is 1. The van der Waals surface area contributed by atoms with E-state index in [-0.39, 0.29) is 5.78 Å². The van der Waals surface area contributed by atoms with Crippen molar-refractivity contribution < 1.29 is 9.53 Å². The minimum atomic E-state index is 0.113. The van der Waals surface area contributed by atoms with Crippen LogP contribution >= 0.6 is 11.8 Å². The lowest BCUT2D eigenvalue weighted by Gasteiger charge is -2.04. The first-order valence-electron chi connectivity index (χ1n) is 7.04. The van der Waals surface area contributed by atoms with E-state index in [1.54, 1.807) is 0 Å². The van der Waals surface area contributed by atoms with Crippen molar-refractivity contribution in [1.82, 2.24) is 0 Å². The van der Waals surface area contributed by atoms with Crippen molar-refractivity contribution in [2.24, 2.45) is 0 Å². The van der Waals surface area contributed by atoms with Gasteiger partial charge in [-0.1, -0.05) is 43.0 Å². The van der Waals surface area contributed by atoms with Gasteiger partial charge < -0.3 is 4.74 Å². The van der Waals surface area contributed by atoms with Crippen LogP contribution in [-0.4, -0.2) is 12.4 Å². The van der Waals surface area contributed by atoms with Crippen LogP contribution in [0.25, 0.3) is 6.08 Å². The third-order valence-corrected chi connectivity index (χ3v) is 4.33. The number of carbonyl (C=O) groups is 1. The van der Waals surface area contributed by atoms with E-state index < -0.39 is 0 Å². The monoisotopic (exact) mass is 296 g/mol. The zero-order valence-corrected chi connectivity index (χ0v) is 12.7. The lowest BCUT2D eigenvalue weighted by molar-refractivity contribution is 0.104. The molecule has 1 aliphatic rings. The molecule has 0 bridgehead atoms. The number of ether oxygens (including phenoxy) is 1. The van der Waals surface area contributed by atoms with Gasteiger partial charge in [0.25, 0.3) is 0 Å². The van der Waals surface area contributed by atoms with Crippen molar-refractivity contribution in [2.75, 3.05) is 6.61 Å². The predicted molar refractivity (Wildman–Crippen MR) is 86.8 cm³/mol. The van der Waals surface area contributed by atoms with Crippen molar-refractivity contribution in [3.05, 3.63) is 64.6 Å². The Bertz CT molecular complexity index is 687. The molecule has 0 N–H and O–H groups in total. The molecule has 1 aliphatic heterocycles. The largest absolute Gasteiger partial charge is 0.494 e. The zero-order chi connectivity index (χ0) is 14.7. The van der Waals surface area contributed by atoms with Crippen molar-refractivity contribution in [2.45, 2.75) is 18.2 Å². The van der Waals surface area contributed by atoms with Crippen LogP contribution < -0.4 is 4.74 Å². The van der Waals surface area contributed by atoms with E-state index in [0.717, 1.165) is 39.7 Å². The molecule has 1 heterocycles. The van der Waals surface area contributed by atoms with E-state index in [1.807, 2.05) is 54.6 Å². The van der Waals surface area contributed by atoms with Crippen LogP contribution in [0.4, 0.5) is 0 Å². The van der Waals surface area contributed by atoms with Gasteiger partial charge >= 0.3 is 0 Å². The molecule has 0 amide bonds. The second kappa shape index (κ2) is 6.19. The molecule has 3 rings (SSSR count). The summed E-state index contributed by atoms with van der Waals surface area (Å²) in [7, 11) is 0. The molecular formula is C18H16O2S. The van der Waals surface area contributed by atoms with Crippen molar-refractivity contribution in [3.63, 3.8) is 0 Å². The van der Waals surface area contributed by atoms with Gasteiger partial charge in [0.1, 0.15) is 5.75 Å². The zero-order valence-electron chi connectivity index (χ0n) is 11.8. The van der Waals surface area contributed by atoms with Crippen molar-refractivity contribution in [1.29, 1.82) is 0 Å². The number of allylic oxidation sites excluding steroid dienone is 1. The standard InChI is InChI=1S/C18H16O2S/c1-2-11-20-14-9-7-13(8-10-14)12-17-18(19)15-5-3-4-6-16(15)21-17/h3-10,12H,2,11H2,1H3. The van der Waals surface area contributed by atoms with Gasteiger partial charge in [-0.15, -0.1) is 0 Å². The van der Waals surface area contributed by atoms with Gasteiger partial charge in [-0.25, -0.2) is 0 Å². The molecule has 0 fully saturated rings. The number of fused-ring (bicyclic) bond motifs is 1. The van der Waals surface area contributed by atoms with E-state index >= 15 is 0 Å². The molecule has 106 valence electrons. The van der Waals surface area contributed by atoms with E-state index in [0.29, 0.717) is 0 Å². The molecule has 2 nitrogen and oxygen atoms in total. The highest BCUT2D eigenvalue weighted by atomic mass is 32.2. The lowest BCUT2D eigenvalue weighted by atomic mass is 10.1. The number of hydrogen-bond acceptors (Lipinski definition) is 3. The summed E-state index contributed by atoms with van der Waals surface area (Å²) in [4.78, 5) is 14.1. The van der Waals surface area contributed by atoms with Gasteiger partial charge in [-0.3, -0.25) is 4.79 Å². The second-order valence-electron chi connectivity index (χ2n) is 4.85. The molecule has 0 saturated heterocycles. The second-order valence-corrected chi connectivity index (χ2v) is 5.94. The Morgan fingerprint density at radius 2 is 1.86 bits per heavy atom. The van der Waals surface area contributed by atoms with Crippen LogP contribution in [-0.2, 0) is 0 Å². The number of ketones is 1. The molecule has 2 aromatic carbocycles. The van der Waals surface area contributed by atoms with Gasteiger partial charge in [0.15, 0.2) is 0 Å². The fourth-order valence-electron chi connectivity index (χ4n) is 2.17. The average molecular weight is 296 g/mol. The van der Waals surface area contributed by atoms with Crippen LogP contribution in [0.2, 0.25) is 0 Å². The number of Topliss-reactive ketones (excluding diaryl/α,β-unsaturated/α-hetero) is 1. The summed E-state index contributed by atoms with van der Waals surface area (Å²) in [6.45, 7) is 2.81. The fraction of sp³-hybridized carbons (Fsp3) is 0.167. The summed E-state index contributed by atoms with van der Waals surface area (Å²) in [5.74, 6) is 0.981. The van der Waals surface area contributed by atoms with Crippen LogP contribution in [0.5, 0.6) is 5.75 Å². The Labute approximate surface area is 128 Å². The Hall–Kier alpha value is -2.00. The average Bonchev–Trinajstić information content (AvgIpc) is 2.83. The lowest BCUT2D eigenvalue weighted by Crippen LogP contribution is -1.95. The summed E-state index contributed by atoms with van der Waals surface area (Å²) >= 11 is 1.54. The van der Waals surface area contributed by atoms with Gasteiger partial charge in [0.2, 0.25) is 5.78 Å². The van der Waals surface area contributed by atoms with E-state index in [2.05, 4.69) is 6.92 Å². The maximum Gasteiger partial charge on any atom is 0.200 e. The minimum absolute atomic E-state index is 0.113. The number of rotatable bonds is 4. The molecule has 0 saturated carbocycles. The highest BCUT2D eigenvalue weighted by Gasteiger charge is 2.24. The van der Waals surface area contributed by atoms with E-state index in [4.69, 9.17) is 4.74 Å². The molecule has 21 heavy (non-hydrogen) atoms. The smallest absolute Gasteiger partial charge is 0.200 e. The third kappa shape index (κ3) is 3.03.